The zero-order chi connectivity index (χ0) is 20.1. The van der Waals surface area contributed by atoms with Crippen LogP contribution in [0.3, 0.4) is 0 Å². The summed E-state index contributed by atoms with van der Waals surface area (Å²) < 4.78 is 5.86. The van der Waals surface area contributed by atoms with Gasteiger partial charge in [-0.3, -0.25) is 9.59 Å². The normalized spacial score (nSPS) is 29.4. The molecule has 3 aliphatic rings. The maximum Gasteiger partial charge on any atom is 0.289 e. The number of amides is 2. The Morgan fingerprint density at radius 2 is 2.00 bits per heavy atom. The molecular weight excluding hydrogens is 366 g/mol. The number of furan rings is 1. The predicted molar refractivity (Wildman–Crippen MR) is 111 cm³/mol. The number of carbonyl (C=O) groups excluding carboxylic acids is 2. The lowest BCUT2D eigenvalue weighted by atomic mass is 9.72. The van der Waals surface area contributed by atoms with E-state index >= 15 is 0 Å². The van der Waals surface area contributed by atoms with Crippen molar-refractivity contribution in [1.82, 2.24) is 14.7 Å². The largest absolute Gasteiger partial charge is 0.451 e. The highest BCUT2D eigenvalue weighted by Gasteiger charge is 2.50. The van der Waals surface area contributed by atoms with Gasteiger partial charge in [0, 0.05) is 43.5 Å². The zero-order valence-corrected chi connectivity index (χ0v) is 17.2. The third kappa shape index (κ3) is 3.23. The van der Waals surface area contributed by atoms with Crippen molar-refractivity contribution in [2.75, 3.05) is 33.7 Å². The molecule has 5 rings (SSSR count). The number of likely N-dealkylation sites (N-methyl/N-ethyl adjacent to an activating group) is 1. The molecule has 3 aliphatic heterocycles. The Morgan fingerprint density at radius 3 is 2.79 bits per heavy atom. The van der Waals surface area contributed by atoms with Gasteiger partial charge < -0.3 is 19.1 Å². The van der Waals surface area contributed by atoms with Crippen molar-refractivity contribution in [3.8, 4) is 0 Å². The highest BCUT2D eigenvalue weighted by Crippen LogP contribution is 2.42. The van der Waals surface area contributed by atoms with Crippen LogP contribution in [0.5, 0.6) is 0 Å². The lowest BCUT2D eigenvalue weighted by Gasteiger charge is -2.57. The van der Waals surface area contributed by atoms with Crippen LogP contribution in [0.1, 0.15) is 36.2 Å². The molecule has 154 valence electrons. The molecule has 6 heteroatoms. The first-order chi connectivity index (χ1) is 14.0. The molecular formula is C23H29N3O3. The first kappa shape index (κ1) is 18.7. The Labute approximate surface area is 171 Å². The first-order valence-corrected chi connectivity index (χ1v) is 10.7. The minimum atomic E-state index is -0.0184. The van der Waals surface area contributed by atoms with E-state index in [2.05, 4.69) is 23.9 Å². The summed E-state index contributed by atoms with van der Waals surface area (Å²) in [7, 11) is 4.13. The molecule has 1 aromatic heterocycles. The van der Waals surface area contributed by atoms with Crippen molar-refractivity contribution in [1.29, 1.82) is 0 Å². The third-order valence-corrected chi connectivity index (χ3v) is 6.97. The van der Waals surface area contributed by atoms with Crippen molar-refractivity contribution < 1.29 is 14.0 Å². The van der Waals surface area contributed by atoms with Crippen LogP contribution in [-0.4, -0.2) is 72.3 Å². The van der Waals surface area contributed by atoms with Crippen LogP contribution in [0.25, 0.3) is 11.0 Å². The van der Waals surface area contributed by atoms with Gasteiger partial charge in [-0.25, -0.2) is 0 Å². The second-order valence-electron chi connectivity index (χ2n) is 9.20. The summed E-state index contributed by atoms with van der Waals surface area (Å²) in [6, 6.07) is 10.1. The molecule has 4 heterocycles. The Hall–Kier alpha value is -2.34. The topological polar surface area (TPSA) is 57.0 Å². The SMILES string of the molecule is CN(C)C[C@H]1[C@H]2C[C@H](CN(C(=O)c3cc4ccccc4o3)C2)[C@@H]2CCCC(=O)N21. The van der Waals surface area contributed by atoms with E-state index in [0.717, 1.165) is 43.3 Å². The number of carbonyl (C=O) groups is 2. The highest BCUT2D eigenvalue weighted by atomic mass is 16.3. The highest BCUT2D eigenvalue weighted by molar-refractivity contribution is 5.96. The smallest absolute Gasteiger partial charge is 0.289 e. The van der Waals surface area contributed by atoms with E-state index in [4.69, 9.17) is 4.42 Å². The first-order valence-electron chi connectivity index (χ1n) is 10.7. The summed E-state index contributed by atoms with van der Waals surface area (Å²) in [6.07, 6.45) is 3.80. The fraction of sp³-hybridized carbons (Fsp3) is 0.565. The Balaban J connectivity index is 1.43. The number of para-hydroxylation sites is 1. The second-order valence-corrected chi connectivity index (χ2v) is 9.20. The van der Waals surface area contributed by atoms with Gasteiger partial charge in [0.1, 0.15) is 5.58 Å². The van der Waals surface area contributed by atoms with Gasteiger partial charge >= 0.3 is 0 Å². The molecule has 2 aromatic rings. The molecule has 0 aliphatic carbocycles. The van der Waals surface area contributed by atoms with Gasteiger partial charge in [0.25, 0.3) is 5.91 Å². The minimum absolute atomic E-state index is 0.0184. The van der Waals surface area contributed by atoms with Crippen molar-refractivity contribution >= 4 is 22.8 Å². The van der Waals surface area contributed by atoms with Crippen LogP contribution in [-0.2, 0) is 4.79 Å². The Bertz CT molecular complexity index is 903. The molecule has 29 heavy (non-hydrogen) atoms. The van der Waals surface area contributed by atoms with Crippen LogP contribution < -0.4 is 0 Å². The van der Waals surface area contributed by atoms with E-state index in [9.17, 15) is 9.59 Å². The van der Waals surface area contributed by atoms with Gasteiger partial charge in [0.2, 0.25) is 5.91 Å². The number of piperidine rings is 3. The quantitative estimate of drug-likeness (QED) is 0.802. The van der Waals surface area contributed by atoms with Gasteiger partial charge in [-0.2, -0.15) is 0 Å². The zero-order valence-electron chi connectivity index (χ0n) is 17.2. The summed E-state index contributed by atoms with van der Waals surface area (Å²) in [6.45, 7) is 2.27. The van der Waals surface area contributed by atoms with E-state index in [1.54, 1.807) is 0 Å². The molecule has 6 nitrogen and oxygen atoms in total. The Morgan fingerprint density at radius 1 is 1.21 bits per heavy atom. The van der Waals surface area contributed by atoms with Crippen LogP contribution in [0, 0.1) is 11.8 Å². The molecule has 0 saturated carbocycles. The Kier molecular flexibility index (Phi) is 4.62. The van der Waals surface area contributed by atoms with E-state index in [1.165, 1.54) is 0 Å². The van der Waals surface area contributed by atoms with Gasteiger partial charge in [0.15, 0.2) is 5.76 Å². The van der Waals surface area contributed by atoms with Gasteiger partial charge in [0.05, 0.1) is 0 Å². The summed E-state index contributed by atoms with van der Waals surface area (Å²) in [5.74, 6) is 1.40. The van der Waals surface area contributed by atoms with E-state index in [-0.39, 0.29) is 18.0 Å². The summed E-state index contributed by atoms with van der Waals surface area (Å²) in [4.78, 5) is 32.4. The number of rotatable bonds is 3. The van der Waals surface area contributed by atoms with E-state index < -0.39 is 0 Å². The molecule has 3 saturated heterocycles. The van der Waals surface area contributed by atoms with E-state index in [1.807, 2.05) is 35.2 Å². The minimum Gasteiger partial charge on any atom is -0.451 e. The molecule has 0 N–H and O–H groups in total. The molecule has 0 radical (unpaired) electrons. The lowest BCUT2D eigenvalue weighted by Crippen LogP contribution is -2.67. The standard InChI is InChI=1S/C23H29N3O3/c1-24(2)14-19-17-10-16(18-7-5-9-22(27)26(18)19)12-25(13-17)23(28)21-11-15-6-3-4-8-20(15)29-21/h3-4,6,8,11,16-19H,5,7,9-10,12-14H2,1-2H3/t16-,17+,18+,19+/m1/s1. The molecule has 0 spiro atoms. The number of benzene rings is 1. The number of nitrogens with zero attached hydrogens (tertiary/aromatic N) is 3. The maximum absolute atomic E-state index is 13.3. The molecule has 2 bridgehead atoms. The second kappa shape index (κ2) is 7.17. The fourth-order valence-electron chi connectivity index (χ4n) is 5.79. The summed E-state index contributed by atoms with van der Waals surface area (Å²) in [5, 5.41) is 0.961. The van der Waals surface area contributed by atoms with E-state index in [0.29, 0.717) is 36.5 Å². The van der Waals surface area contributed by atoms with Crippen LogP contribution in [0.4, 0.5) is 0 Å². The van der Waals surface area contributed by atoms with Crippen molar-refractivity contribution in [2.24, 2.45) is 11.8 Å². The van der Waals surface area contributed by atoms with Crippen molar-refractivity contribution in [3.05, 3.63) is 36.1 Å². The van der Waals surface area contributed by atoms with Gasteiger partial charge in [-0.1, -0.05) is 18.2 Å². The average molecular weight is 396 g/mol. The van der Waals surface area contributed by atoms with Crippen LogP contribution in [0.15, 0.2) is 34.7 Å². The molecule has 4 atom stereocenters. The fourth-order valence-corrected chi connectivity index (χ4v) is 5.79. The average Bonchev–Trinajstić information content (AvgIpc) is 3.14. The number of likely N-dealkylation sites (tertiary alicyclic amines) is 1. The maximum atomic E-state index is 13.3. The number of hydrogen-bond donors (Lipinski definition) is 0. The van der Waals surface area contributed by atoms with Crippen molar-refractivity contribution in [2.45, 2.75) is 37.8 Å². The molecule has 1 aromatic carbocycles. The monoisotopic (exact) mass is 395 g/mol. The third-order valence-electron chi connectivity index (χ3n) is 6.97. The number of hydrogen-bond acceptors (Lipinski definition) is 4. The lowest BCUT2D eigenvalue weighted by molar-refractivity contribution is -0.152. The summed E-state index contributed by atoms with van der Waals surface area (Å²) >= 11 is 0. The predicted octanol–water partition coefficient (Wildman–Crippen LogP) is 2.84. The summed E-state index contributed by atoms with van der Waals surface area (Å²) in [5.41, 5.74) is 0.752. The molecule has 0 unspecified atom stereocenters. The van der Waals surface area contributed by atoms with Crippen molar-refractivity contribution in [3.63, 3.8) is 0 Å². The molecule has 2 amide bonds. The van der Waals surface area contributed by atoms with Gasteiger partial charge in [-0.05, 0) is 57.3 Å². The van der Waals surface area contributed by atoms with Gasteiger partial charge in [-0.15, -0.1) is 0 Å². The van der Waals surface area contributed by atoms with Crippen LogP contribution >= 0.6 is 0 Å². The number of fused-ring (bicyclic) bond motifs is 5. The van der Waals surface area contributed by atoms with Crippen LogP contribution in [0.2, 0.25) is 0 Å². The molecule has 3 fully saturated rings.